The van der Waals surface area contributed by atoms with Gasteiger partial charge < -0.3 is 0 Å². The smallest absolute Gasteiger partial charge is 0.0690 e. The molecule has 0 amide bonds. The van der Waals surface area contributed by atoms with Crippen molar-refractivity contribution in [2.75, 3.05) is 0 Å². The average Bonchev–Trinajstić information content (AvgIpc) is 2.18. The second-order valence-corrected chi connectivity index (χ2v) is 4.63. The van der Waals surface area contributed by atoms with Crippen molar-refractivity contribution < 1.29 is 0 Å². The third-order valence-corrected chi connectivity index (χ3v) is 2.84. The molecule has 0 saturated heterocycles. The molecule has 0 spiro atoms. The SMILES string of the molecule is CCC(C)(C#N)Cc1cncc(Br)c1. The maximum atomic E-state index is 9.03. The van der Waals surface area contributed by atoms with Gasteiger partial charge in [0.1, 0.15) is 0 Å². The Morgan fingerprint density at radius 3 is 2.79 bits per heavy atom. The number of aromatic nitrogens is 1. The van der Waals surface area contributed by atoms with Crippen molar-refractivity contribution in [3.05, 3.63) is 28.5 Å². The molecule has 0 saturated carbocycles. The largest absolute Gasteiger partial charge is 0.263 e. The lowest BCUT2D eigenvalue weighted by atomic mass is 9.83. The minimum Gasteiger partial charge on any atom is -0.263 e. The lowest BCUT2D eigenvalue weighted by Gasteiger charge is -2.18. The first-order valence-electron chi connectivity index (χ1n) is 4.60. The quantitative estimate of drug-likeness (QED) is 0.828. The maximum absolute atomic E-state index is 9.03. The van der Waals surface area contributed by atoms with E-state index in [0.29, 0.717) is 0 Å². The molecule has 1 rings (SSSR count). The van der Waals surface area contributed by atoms with Gasteiger partial charge in [0.15, 0.2) is 0 Å². The minimum absolute atomic E-state index is 0.275. The molecule has 1 unspecified atom stereocenters. The second-order valence-electron chi connectivity index (χ2n) is 3.71. The van der Waals surface area contributed by atoms with E-state index in [2.05, 4.69) is 27.0 Å². The molecule has 0 aliphatic heterocycles. The van der Waals surface area contributed by atoms with Gasteiger partial charge in [-0.3, -0.25) is 4.98 Å². The summed E-state index contributed by atoms with van der Waals surface area (Å²) in [5.41, 5.74) is 0.827. The summed E-state index contributed by atoms with van der Waals surface area (Å²) in [6.07, 6.45) is 5.18. The molecule has 0 fully saturated rings. The van der Waals surface area contributed by atoms with E-state index in [4.69, 9.17) is 5.26 Å². The second kappa shape index (κ2) is 4.56. The van der Waals surface area contributed by atoms with Crippen molar-refractivity contribution >= 4 is 15.9 Å². The van der Waals surface area contributed by atoms with Crippen molar-refractivity contribution in [2.45, 2.75) is 26.7 Å². The van der Waals surface area contributed by atoms with Gasteiger partial charge in [-0.1, -0.05) is 6.92 Å². The van der Waals surface area contributed by atoms with E-state index >= 15 is 0 Å². The van der Waals surface area contributed by atoms with Gasteiger partial charge in [-0.05, 0) is 47.3 Å². The molecule has 0 N–H and O–H groups in total. The first kappa shape index (κ1) is 11.2. The lowest BCUT2D eigenvalue weighted by molar-refractivity contribution is 0.422. The molecule has 0 aliphatic rings. The zero-order valence-electron chi connectivity index (χ0n) is 8.42. The molecular weight excluding hydrogens is 240 g/mol. The summed E-state index contributed by atoms with van der Waals surface area (Å²) < 4.78 is 0.964. The van der Waals surface area contributed by atoms with E-state index in [0.717, 1.165) is 22.9 Å². The van der Waals surface area contributed by atoms with Crippen LogP contribution in [0.2, 0.25) is 0 Å². The van der Waals surface area contributed by atoms with Gasteiger partial charge in [0.25, 0.3) is 0 Å². The van der Waals surface area contributed by atoms with Crippen LogP contribution in [0.4, 0.5) is 0 Å². The lowest BCUT2D eigenvalue weighted by Crippen LogP contribution is -2.15. The third kappa shape index (κ3) is 2.81. The van der Waals surface area contributed by atoms with Gasteiger partial charge in [0.05, 0.1) is 11.5 Å². The van der Waals surface area contributed by atoms with Crippen molar-refractivity contribution in [2.24, 2.45) is 5.41 Å². The molecule has 0 radical (unpaired) electrons. The molecule has 2 nitrogen and oxygen atoms in total. The van der Waals surface area contributed by atoms with E-state index in [1.165, 1.54) is 0 Å². The molecule has 3 heteroatoms. The first-order chi connectivity index (χ1) is 6.59. The van der Waals surface area contributed by atoms with Gasteiger partial charge in [0, 0.05) is 16.9 Å². The van der Waals surface area contributed by atoms with E-state index < -0.39 is 0 Å². The highest BCUT2D eigenvalue weighted by molar-refractivity contribution is 9.10. The summed E-state index contributed by atoms with van der Waals surface area (Å²) in [5, 5.41) is 9.03. The Bertz CT molecular complexity index is 357. The summed E-state index contributed by atoms with van der Waals surface area (Å²) in [6.45, 7) is 4.02. The fourth-order valence-corrected chi connectivity index (χ4v) is 1.66. The van der Waals surface area contributed by atoms with Crippen molar-refractivity contribution in [3.8, 4) is 6.07 Å². The van der Waals surface area contributed by atoms with Crippen molar-refractivity contribution in [1.82, 2.24) is 4.98 Å². The third-order valence-electron chi connectivity index (χ3n) is 2.41. The summed E-state index contributed by atoms with van der Waals surface area (Å²) in [7, 11) is 0. The number of hydrogen-bond acceptors (Lipinski definition) is 2. The fraction of sp³-hybridized carbons (Fsp3) is 0.455. The topological polar surface area (TPSA) is 36.7 Å². The van der Waals surface area contributed by atoms with Crippen LogP contribution in [0.3, 0.4) is 0 Å². The highest BCUT2D eigenvalue weighted by atomic mass is 79.9. The van der Waals surface area contributed by atoms with E-state index in [1.807, 2.05) is 26.1 Å². The number of halogens is 1. The highest BCUT2D eigenvalue weighted by Crippen LogP contribution is 2.25. The number of nitrogens with zero attached hydrogens (tertiary/aromatic N) is 2. The van der Waals surface area contributed by atoms with Crippen LogP contribution in [0.25, 0.3) is 0 Å². The Labute approximate surface area is 93.1 Å². The van der Waals surface area contributed by atoms with Crippen LogP contribution in [0, 0.1) is 16.7 Å². The molecular formula is C11H13BrN2. The molecule has 14 heavy (non-hydrogen) atoms. The number of nitriles is 1. The van der Waals surface area contributed by atoms with Crippen molar-refractivity contribution in [3.63, 3.8) is 0 Å². The van der Waals surface area contributed by atoms with Crippen LogP contribution < -0.4 is 0 Å². The molecule has 0 aromatic carbocycles. The van der Waals surface area contributed by atoms with E-state index in [-0.39, 0.29) is 5.41 Å². The molecule has 74 valence electrons. The van der Waals surface area contributed by atoms with Gasteiger partial charge >= 0.3 is 0 Å². The van der Waals surface area contributed by atoms with Gasteiger partial charge in [-0.15, -0.1) is 0 Å². The summed E-state index contributed by atoms with van der Waals surface area (Å²) in [6, 6.07) is 4.37. The van der Waals surface area contributed by atoms with E-state index in [1.54, 1.807) is 6.20 Å². The summed E-state index contributed by atoms with van der Waals surface area (Å²) >= 11 is 3.37. The molecule has 1 aromatic heterocycles. The number of rotatable bonds is 3. The van der Waals surface area contributed by atoms with Crippen LogP contribution in [0.5, 0.6) is 0 Å². The Morgan fingerprint density at radius 2 is 2.29 bits per heavy atom. The monoisotopic (exact) mass is 252 g/mol. The highest BCUT2D eigenvalue weighted by Gasteiger charge is 2.21. The Hall–Kier alpha value is -0.880. The minimum atomic E-state index is -0.275. The molecule has 0 bridgehead atoms. The Kier molecular flexibility index (Phi) is 3.65. The normalized spacial score (nSPS) is 14.4. The molecule has 1 aromatic rings. The van der Waals surface area contributed by atoms with Crippen LogP contribution >= 0.6 is 15.9 Å². The molecule has 0 aliphatic carbocycles. The van der Waals surface area contributed by atoms with Crippen LogP contribution in [0.1, 0.15) is 25.8 Å². The van der Waals surface area contributed by atoms with Gasteiger partial charge in [-0.25, -0.2) is 0 Å². The van der Waals surface area contributed by atoms with Gasteiger partial charge in [-0.2, -0.15) is 5.26 Å². The summed E-state index contributed by atoms with van der Waals surface area (Å²) in [4.78, 5) is 4.08. The summed E-state index contributed by atoms with van der Waals surface area (Å²) in [5.74, 6) is 0. The predicted octanol–water partition coefficient (Wildman–Crippen LogP) is 3.33. The van der Waals surface area contributed by atoms with Crippen LogP contribution in [-0.4, -0.2) is 4.98 Å². The Morgan fingerprint density at radius 1 is 1.57 bits per heavy atom. The Balaban J connectivity index is 2.84. The number of hydrogen-bond donors (Lipinski definition) is 0. The molecule has 1 heterocycles. The maximum Gasteiger partial charge on any atom is 0.0690 e. The fourth-order valence-electron chi connectivity index (χ4n) is 1.25. The van der Waals surface area contributed by atoms with E-state index in [9.17, 15) is 0 Å². The van der Waals surface area contributed by atoms with Gasteiger partial charge in [0.2, 0.25) is 0 Å². The first-order valence-corrected chi connectivity index (χ1v) is 5.39. The van der Waals surface area contributed by atoms with Crippen LogP contribution in [0.15, 0.2) is 22.9 Å². The predicted molar refractivity (Wildman–Crippen MR) is 59.7 cm³/mol. The zero-order chi connectivity index (χ0) is 10.6. The standard InChI is InChI=1S/C11H13BrN2/c1-3-11(2,8-13)5-9-4-10(12)7-14-6-9/h4,6-7H,3,5H2,1-2H3. The molecule has 1 atom stereocenters. The van der Waals surface area contributed by atoms with Crippen LogP contribution in [-0.2, 0) is 6.42 Å². The van der Waals surface area contributed by atoms with Crippen molar-refractivity contribution in [1.29, 1.82) is 5.26 Å². The average molecular weight is 253 g/mol. The number of pyridine rings is 1. The zero-order valence-corrected chi connectivity index (χ0v) is 10.0.